The average molecular weight is 336 g/mol. The standard InChI is InChI=1S/C18H16N4OS/c19-10-13-3-4-16(24-13)18(23)22-8-5-12(6-9-22)15-11-21-17-14(15)2-1-7-20-17/h1-4,7,11-12H,5-6,8-9H2,(H,20,21). The number of carbonyl (C=O) groups excluding carboxylic acids is 1. The van der Waals surface area contributed by atoms with Gasteiger partial charge in [-0.3, -0.25) is 4.79 Å². The Morgan fingerprint density at radius 3 is 2.92 bits per heavy atom. The molecule has 0 bridgehead atoms. The lowest BCUT2D eigenvalue weighted by molar-refractivity contribution is 0.0718. The second-order valence-corrected chi connectivity index (χ2v) is 7.07. The molecule has 4 heterocycles. The smallest absolute Gasteiger partial charge is 0.263 e. The van der Waals surface area contributed by atoms with Gasteiger partial charge in [-0.15, -0.1) is 11.3 Å². The number of aromatic nitrogens is 2. The maximum atomic E-state index is 12.5. The van der Waals surface area contributed by atoms with Crippen LogP contribution in [-0.4, -0.2) is 33.9 Å². The number of nitrogens with zero attached hydrogens (tertiary/aromatic N) is 3. The summed E-state index contributed by atoms with van der Waals surface area (Å²) in [6, 6.07) is 9.61. The molecule has 0 unspecified atom stereocenters. The molecule has 1 fully saturated rings. The number of nitrogens with one attached hydrogen (secondary N) is 1. The maximum absolute atomic E-state index is 12.5. The van der Waals surface area contributed by atoms with Gasteiger partial charge in [0, 0.05) is 30.9 Å². The van der Waals surface area contributed by atoms with Crippen LogP contribution in [-0.2, 0) is 0 Å². The molecule has 0 atom stereocenters. The molecule has 6 heteroatoms. The fourth-order valence-corrected chi connectivity index (χ4v) is 4.15. The number of hydrogen-bond donors (Lipinski definition) is 1. The van der Waals surface area contributed by atoms with E-state index in [1.807, 2.05) is 11.0 Å². The third-order valence-corrected chi connectivity index (χ3v) is 5.61. The highest BCUT2D eigenvalue weighted by Crippen LogP contribution is 2.33. The molecule has 0 saturated carbocycles. The molecule has 0 aromatic carbocycles. The van der Waals surface area contributed by atoms with Gasteiger partial charge in [0.15, 0.2) is 0 Å². The number of nitriles is 1. The highest BCUT2D eigenvalue weighted by Gasteiger charge is 2.26. The van der Waals surface area contributed by atoms with Crippen LogP contribution in [0.15, 0.2) is 36.7 Å². The summed E-state index contributed by atoms with van der Waals surface area (Å²) < 4.78 is 0. The Bertz CT molecular complexity index is 928. The van der Waals surface area contributed by atoms with Crippen molar-refractivity contribution in [2.75, 3.05) is 13.1 Å². The van der Waals surface area contributed by atoms with Gasteiger partial charge in [0.2, 0.25) is 0 Å². The number of amides is 1. The third kappa shape index (κ3) is 2.57. The van der Waals surface area contributed by atoms with Crippen LogP contribution in [0.1, 0.15) is 38.9 Å². The molecule has 1 N–H and O–H groups in total. The number of H-pyrrole nitrogens is 1. The summed E-state index contributed by atoms with van der Waals surface area (Å²) in [5, 5.41) is 10.1. The van der Waals surface area contributed by atoms with Crippen molar-refractivity contribution < 1.29 is 4.79 Å². The van der Waals surface area contributed by atoms with Crippen molar-refractivity contribution in [1.29, 1.82) is 5.26 Å². The first-order valence-corrected chi connectivity index (χ1v) is 8.79. The van der Waals surface area contributed by atoms with Crippen LogP contribution in [0.3, 0.4) is 0 Å². The van der Waals surface area contributed by atoms with Crippen LogP contribution in [0.2, 0.25) is 0 Å². The van der Waals surface area contributed by atoms with Crippen molar-refractivity contribution >= 4 is 28.3 Å². The van der Waals surface area contributed by atoms with Crippen molar-refractivity contribution in [2.24, 2.45) is 0 Å². The molecule has 1 saturated heterocycles. The second-order valence-electron chi connectivity index (χ2n) is 5.99. The van der Waals surface area contributed by atoms with Crippen LogP contribution < -0.4 is 0 Å². The first-order chi connectivity index (χ1) is 11.8. The third-order valence-electron chi connectivity index (χ3n) is 4.63. The Kier molecular flexibility index (Phi) is 3.79. The lowest BCUT2D eigenvalue weighted by atomic mass is 9.89. The van der Waals surface area contributed by atoms with Crippen molar-refractivity contribution in [2.45, 2.75) is 18.8 Å². The van der Waals surface area contributed by atoms with Gasteiger partial charge in [0.05, 0.1) is 4.88 Å². The summed E-state index contributed by atoms with van der Waals surface area (Å²) in [5.74, 6) is 0.491. The van der Waals surface area contributed by atoms with Crippen LogP contribution in [0.5, 0.6) is 0 Å². The topological polar surface area (TPSA) is 72.8 Å². The van der Waals surface area contributed by atoms with E-state index in [-0.39, 0.29) is 5.91 Å². The normalized spacial score (nSPS) is 15.5. The highest BCUT2D eigenvalue weighted by molar-refractivity contribution is 7.14. The van der Waals surface area contributed by atoms with Gasteiger partial charge in [-0.2, -0.15) is 5.26 Å². The minimum Gasteiger partial charge on any atom is -0.346 e. The van der Waals surface area contributed by atoms with Gasteiger partial charge in [-0.05, 0) is 48.6 Å². The van der Waals surface area contributed by atoms with E-state index in [1.165, 1.54) is 22.3 Å². The minimum atomic E-state index is 0.0422. The van der Waals surface area contributed by atoms with Crippen LogP contribution in [0.4, 0.5) is 0 Å². The summed E-state index contributed by atoms with van der Waals surface area (Å²) in [5.41, 5.74) is 2.22. The molecule has 3 aromatic heterocycles. The Labute approximate surface area is 143 Å². The van der Waals surface area contributed by atoms with E-state index >= 15 is 0 Å². The summed E-state index contributed by atoms with van der Waals surface area (Å²) in [6.07, 6.45) is 5.74. The fourth-order valence-electron chi connectivity index (χ4n) is 3.38. The van der Waals surface area contributed by atoms with Gasteiger partial charge >= 0.3 is 0 Å². The number of thiophene rings is 1. The molecule has 1 aliphatic rings. The first-order valence-electron chi connectivity index (χ1n) is 7.97. The molecule has 24 heavy (non-hydrogen) atoms. The molecule has 1 aliphatic heterocycles. The van der Waals surface area contributed by atoms with Crippen molar-refractivity contribution in [3.63, 3.8) is 0 Å². The van der Waals surface area contributed by atoms with E-state index in [0.717, 1.165) is 31.6 Å². The molecular weight excluding hydrogens is 320 g/mol. The second kappa shape index (κ2) is 6.10. The van der Waals surface area contributed by atoms with Crippen LogP contribution >= 0.6 is 11.3 Å². The zero-order valence-corrected chi connectivity index (χ0v) is 13.8. The fraction of sp³-hybridized carbons (Fsp3) is 0.278. The van der Waals surface area contributed by atoms with E-state index < -0.39 is 0 Å². The van der Waals surface area contributed by atoms with E-state index in [0.29, 0.717) is 15.7 Å². The lowest BCUT2D eigenvalue weighted by Gasteiger charge is -2.31. The van der Waals surface area contributed by atoms with E-state index in [1.54, 1.807) is 18.3 Å². The zero-order chi connectivity index (χ0) is 16.5. The van der Waals surface area contributed by atoms with E-state index in [2.05, 4.69) is 28.3 Å². The molecule has 0 aliphatic carbocycles. The van der Waals surface area contributed by atoms with Crippen LogP contribution in [0.25, 0.3) is 11.0 Å². The molecule has 3 aromatic rings. The minimum absolute atomic E-state index is 0.0422. The van der Waals surface area contributed by atoms with Crippen molar-refractivity contribution in [3.8, 4) is 6.07 Å². The summed E-state index contributed by atoms with van der Waals surface area (Å²) in [4.78, 5) is 23.3. The number of fused-ring (bicyclic) bond motifs is 1. The van der Waals surface area contributed by atoms with E-state index in [4.69, 9.17) is 5.26 Å². The van der Waals surface area contributed by atoms with Gasteiger partial charge < -0.3 is 9.88 Å². The quantitative estimate of drug-likeness (QED) is 0.778. The molecule has 0 spiro atoms. The number of aromatic amines is 1. The monoisotopic (exact) mass is 336 g/mol. The first kappa shape index (κ1) is 14.9. The Hall–Kier alpha value is -2.65. The number of carbonyl (C=O) groups is 1. The summed E-state index contributed by atoms with van der Waals surface area (Å²) >= 11 is 1.27. The SMILES string of the molecule is N#Cc1ccc(C(=O)N2CCC(c3c[nH]c4ncccc34)CC2)s1. The van der Waals surface area contributed by atoms with E-state index in [9.17, 15) is 4.79 Å². The molecular formula is C18H16N4OS. The van der Waals surface area contributed by atoms with Crippen molar-refractivity contribution in [3.05, 3.63) is 52.0 Å². The Morgan fingerprint density at radius 1 is 1.33 bits per heavy atom. The predicted octanol–water partition coefficient (Wildman–Crippen LogP) is 3.52. The Balaban J connectivity index is 1.47. The van der Waals surface area contributed by atoms with Gasteiger partial charge in [0.1, 0.15) is 16.6 Å². The summed E-state index contributed by atoms with van der Waals surface area (Å²) in [7, 11) is 0. The van der Waals surface area contributed by atoms with Crippen molar-refractivity contribution in [1.82, 2.24) is 14.9 Å². The average Bonchev–Trinajstić information content (AvgIpc) is 3.28. The number of piperidine rings is 1. The number of likely N-dealkylation sites (tertiary alicyclic amines) is 1. The summed E-state index contributed by atoms with van der Waals surface area (Å²) in [6.45, 7) is 1.49. The lowest BCUT2D eigenvalue weighted by Crippen LogP contribution is -2.37. The number of rotatable bonds is 2. The molecule has 0 radical (unpaired) electrons. The molecule has 1 amide bonds. The molecule has 120 valence electrons. The highest BCUT2D eigenvalue weighted by atomic mass is 32.1. The number of hydrogen-bond acceptors (Lipinski definition) is 4. The van der Waals surface area contributed by atoms with Gasteiger partial charge in [-0.25, -0.2) is 4.98 Å². The Morgan fingerprint density at radius 2 is 2.17 bits per heavy atom. The molecule has 5 nitrogen and oxygen atoms in total. The van der Waals surface area contributed by atoms with Gasteiger partial charge in [0.25, 0.3) is 5.91 Å². The largest absolute Gasteiger partial charge is 0.346 e. The predicted molar refractivity (Wildman–Crippen MR) is 93.0 cm³/mol. The number of pyridine rings is 1. The van der Waals surface area contributed by atoms with Gasteiger partial charge in [-0.1, -0.05) is 0 Å². The maximum Gasteiger partial charge on any atom is 0.263 e. The van der Waals surface area contributed by atoms with Crippen LogP contribution in [0, 0.1) is 11.3 Å². The molecule has 4 rings (SSSR count). The zero-order valence-electron chi connectivity index (χ0n) is 13.0.